The molecule has 6 atom stereocenters. The van der Waals surface area contributed by atoms with Gasteiger partial charge in [-0.3, -0.25) is 14.4 Å². The average Bonchev–Trinajstić information content (AvgIpc) is 3.63. The van der Waals surface area contributed by atoms with Crippen LogP contribution in [0.5, 0.6) is 0 Å². The maximum Gasteiger partial charge on any atom is 0.338 e. The van der Waals surface area contributed by atoms with Crippen LogP contribution in [0.3, 0.4) is 0 Å². The molecule has 0 aromatic heterocycles. The summed E-state index contributed by atoms with van der Waals surface area (Å²) in [5.74, 6) is 3.34. The quantitative estimate of drug-likeness (QED) is 0.227. The number of epoxide rings is 1. The second kappa shape index (κ2) is 11.1. The summed E-state index contributed by atoms with van der Waals surface area (Å²) in [6.45, 7) is 9.65. The number of nitrogens with zero attached hydrogens (tertiary/aromatic N) is 1. The molecule has 0 bridgehead atoms. The van der Waals surface area contributed by atoms with E-state index in [2.05, 4.69) is 30.3 Å². The van der Waals surface area contributed by atoms with Gasteiger partial charge in [-0.05, 0) is 42.3 Å². The van der Waals surface area contributed by atoms with Crippen molar-refractivity contribution in [2.75, 3.05) is 6.54 Å². The predicted molar refractivity (Wildman–Crippen MR) is 146 cm³/mol. The standard InChI is InChI=1S/C31H31N3O6/c1-4-15-33-28(35)25-24-27(39-29(36)22-11-6-5-7-12-22)26-23(38-26)17-31(24,30(32)37)40-34(25)18-21-10-8-9-20(16-21)14-13-19(2)3/h4-12,16,23-27H,1-2,15,17-18H2,3H3,(H2,32,37)(H,33,35)/t23?,24?,25?,26?,27?,31-/m0/s1. The monoisotopic (exact) mass is 541 g/mol. The molecule has 2 saturated heterocycles. The van der Waals surface area contributed by atoms with Crippen LogP contribution in [0, 0.1) is 17.8 Å². The van der Waals surface area contributed by atoms with Crippen LogP contribution in [0.4, 0.5) is 0 Å². The van der Waals surface area contributed by atoms with Crippen LogP contribution in [0.1, 0.15) is 34.8 Å². The molecule has 2 amide bonds. The summed E-state index contributed by atoms with van der Waals surface area (Å²) in [5.41, 5.74) is 6.99. The Morgan fingerprint density at radius 1 is 1.23 bits per heavy atom. The molecule has 2 aromatic rings. The fraction of sp³-hybridized carbons (Fsp3) is 0.323. The van der Waals surface area contributed by atoms with E-state index < -0.39 is 53.7 Å². The molecule has 206 valence electrons. The molecule has 1 aliphatic carbocycles. The zero-order chi connectivity index (χ0) is 28.4. The van der Waals surface area contributed by atoms with Crippen LogP contribution in [0.25, 0.3) is 0 Å². The first-order valence-corrected chi connectivity index (χ1v) is 13.1. The molecular weight excluding hydrogens is 510 g/mol. The van der Waals surface area contributed by atoms with Crippen molar-refractivity contribution in [1.29, 1.82) is 0 Å². The van der Waals surface area contributed by atoms with Gasteiger partial charge in [0.2, 0.25) is 5.91 Å². The number of carbonyl (C=O) groups excluding carboxylic acids is 3. The van der Waals surface area contributed by atoms with Gasteiger partial charge in [-0.2, -0.15) is 5.06 Å². The van der Waals surface area contributed by atoms with Crippen molar-refractivity contribution in [2.24, 2.45) is 11.7 Å². The first kappa shape index (κ1) is 27.3. The van der Waals surface area contributed by atoms with Crippen molar-refractivity contribution in [2.45, 2.75) is 49.8 Å². The van der Waals surface area contributed by atoms with Crippen LogP contribution in [0.2, 0.25) is 0 Å². The van der Waals surface area contributed by atoms with E-state index in [0.29, 0.717) is 5.56 Å². The number of benzene rings is 2. The van der Waals surface area contributed by atoms with Crippen molar-refractivity contribution in [3.63, 3.8) is 0 Å². The van der Waals surface area contributed by atoms with Crippen LogP contribution in [0.15, 0.2) is 79.4 Å². The Morgan fingerprint density at radius 3 is 2.70 bits per heavy atom. The third kappa shape index (κ3) is 5.29. The number of amides is 2. The third-order valence-electron chi connectivity index (χ3n) is 7.32. The van der Waals surface area contributed by atoms with E-state index in [1.165, 1.54) is 5.06 Å². The summed E-state index contributed by atoms with van der Waals surface area (Å²) in [6.07, 6.45) is -0.130. The summed E-state index contributed by atoms with van der Waals surface area (Å²) < 4.78 is 11.8. The van der Waals surface area contributed by atoms with Gasteiger partial charge >= 0.3 is 5.97 Å². The predicted octanol–water partition coefficient (Wildman–Crippen LogP) is 2.27. The molecule has 2 aliphatic heterocycles. The number of hydroxylamine groups is 2. The van der Waals surface area contributed by atoms with Crippen molar-refractivity contribution in [3.8, 4) is 11.8 Å². The number of hydrogen-bond acceptors (Lipinski definition) is 7. The Kier molecular flexibility index (Phi) is 7.59. The molecule has 9 heteroatoms. The van der Waals surface area contributed by atoms with Gasteiger partial charge in [-0.15, -0.1) is 6.58 Å². The van der Waals surface area contributed by atoms with E-state index in [4.69, 9.17) is 20.0 Å². The highest BCUT2D eigenvalue weighted by Gasteiger charge is 2.73. The second-order valence-electron chi connectivity index (χ2n) is 10.2. The summed E-state index contributed by atoms with van der Waals surface area (Å²) in [5, 5.41) is 4.28. The number of hydrogen-bond donors (Lipinski definition) is 2. The van der Waals surface area contributed by atoms with Crippen molar-refractivity contribution >= 4 is 17.8 Å². The van der Waals surface area contributed by atoms with Crippen molar-refractivity contribution in [3.05, 3.63) is 96.1 Å². The van der Waals surface area contributed by atoms with E-state index in [0.717, 1.165) is 16.7 Å². The lowest BCUT2D eigenvalue weighted by Crippen LogP contribution is -2.61. The summed E-state index contributed by atoms with van der Waals surface area (Å²) in [7, 11) is 0. The Hall–Kier alpha value is -4.23. The zero-order valence-corrected chi connectivity index (χ0v) is 22.2. The summed E-state index contributed by atoms with van der Waals surface area (Å²) >= 11 is 0. The molecule has 0 spiro atoms. The largest absolute Gasteiger partial charge is 0.455 e. The minimum Gasteiger partial charge on any atom is -0.455 e. The molecule has 2 heterocycles. The van der Waals surface area contributed by atoms with Gasteiger partial charge in [-0.25, -0.2) is 4.79 Å². The van der Waals surface area contributed by atoms with E-state index >= 15 is 0 Å². The molecular formula is C31H31N3O6. The van der Waals surface area contributed by atoms with Gasteiger partial charge in [0.1, 0.15) is 18.2 Å². The van der Waals surface area contributed by atoms with Crippen molar-refractivity contribution < 1.29 is 28.7 Å². The summed E-state index contributed by atoms with van der Waals surface area (Å²) in [6, 6.07) is 15.0. The first-order chi connectivity index (χ1) is 19.2. The zero-order valence-electron chi connectivity index (χ0n) is 22.2. The normalized spacial score (nSPS) is 28.2. The van der Waals surface area contributed by atoms with Gasteiger partial charge in [0.15, 0.2) is 5.60 Å². The third-order valence-corrected chi connectivity index (χ3v) is 7.32. The number of carbonyl (C=O) groups is 3. The van der Waals surface area contributed by atoms with Gasteiger partial charge in [0.05, 0.1) is 24.1 Å². The Balaban J connectivity index is 1.51. The highest BCUT2D eigenvalue weighted by atomic mass is 16.7. The van der Waals surface area contributed by atoms with Gasteiger partial charge in [-0.1, -0.05) is 54.8 Å². The lowest BCUT2D eigenvalue weighted by molar-refractivity contribution is -0.217. The number of allylic oxidation sites excluding steroid dienone is 1. The van der Waals surface area contributed by atoms with Gasteiger partial charge in [0, 0.05) is 18.5 Å². The Morgan fingerprint density at radius 2 is 2.00 bits per heavy atom. The van der Waals surface area contributed by atoms with Crippen LogP contribution < -0.4 is 11.1 Å². The number of rotatable bonds is 8. The Labute approximate surface area is 232 Å². The molecule has 3 N–H and O–H groups in total. The van der Waals surface area contributed by atoms with E-state index in [1.807, 2.05) is 31.2 Å². The number of nitrogens with one attached hydrogen (secondary N) is 1. The number of primary amides is 1. The molecule has 5 unspecified atom stereocenters. The maximum absolute atomic E-state index is 13.6. The molecule has 1 saturated carbocycles. The van der Waals surface area contributed by atoms with Crippen LogP contribution >= 0.6 is 0 Å². The molecule has 0 radical (unpaired) electrons. The van der Waals surface area contributed by atoms with E-state index in [-0.39, 0.29) is 19.5 Å². The van der Waals surface area contributed by atoms with Gasteiger partial charge < -0.3 is 20.5 Å². The SMILES string of the molecule is C=CCNC(=O)C1C2C(OC(=O)c3ccccc3)C3OC3C[C@]2(C(N)=O)ON1Cc1cccc(C#CC(=C)C)c1. The number of nitrogens with two attached hydrogens (primary N) is 1. The first-order valence-electron chi connectivity index (χ1n) is 13.1. The van der Waals surface area contributed by atoms with Crippen LogP contribution in [-0.4, -0.2) is 59.3 Å². The molecule has 40 heavy (non-hydrogen) atoms. The molecule has 3 aliphatic rings. The number of esters is 1. The van der Waals surface area contributed by atoms with E-state index in [1.54, 1.807) is 36.4 Å². The number of ether oxygens (including phenoxy) is 2. The smallest absolute Gasteiger partial charge is 0.338 e. The summed E-state index contributed by atoms with van der Waals surface area (Å²) in [4.78, 5) is 46.2. The van der Waals surface area contributed by atoms with Crippen LogP contribution in [-0.2, 0) is 30.4 Å². The average molecular weight is 542 g/mol. The maximum atomic E-state index is 13.6. The molecule has 5 rings (SSSR count). The highest BCUT2D eigenvalue weighted by Crippen LogP contribution is 2.54. The number of fused-ring (bicyclic) bond motifs is 2. The fourth-order valence-corrected chi connectivity index (χ4v) is 5.52. The van der Waals surface area contributed by atoms with Crippen molar-refractivity contribution in [1.82, 2.24) is 10.4 Å². The fourth-order valence-electron chi connectivity index (χ4n) is 5.52. The van der Waals surface area contributed by atoms with Gasteiger partial charge in [0.25, 0.3) is 5.91 Å². The lowest BCUT2D eigenvalue weighted by atomic mass is 9.70. The minimum absolute atomic E-state index is 0.142. The Bertz CT molecular complexity index is 1410. The molecule has 3 fully saturated rings. The second-order valence-corrected chi connectivity index (χ2v) is 10.2. The lowest BCUT2D eigenvalue weighted by Gasteiger charge is -2.37. The molecule has 2 aromatic carbocycles. The highest BCUT2D eigenvalue weighted by molar-refractivity contribution is 5.91. The van der Waals surface area contributed by atoms with E-state index in [9.17, 15) is 14.4 Å². The minimum atomic E-state index is -1.62. The topological polar surface area (TPSA) is 123 Å². The molecule has 9 nitrogen and oxygen atoms in total.